The van der Waals surface area contributed by atoms with Crippen LogP contribution < -0.4 is 4.74 Å². The highest BCUT2D eigenvalue weighted by molar-refractivity contribution is 7.16. The van der Waals surface area contributed by atoms with E-state index in [0.29, 0.717) is 17.2 Å². The molecular formula is C27H27FN2OS. The first-order valence-electron chi connectivity index (χ1n) is 10.9. The first-order chi connectivity index (χ1) is 15.3. The van der Waals surface area contributed by atoms with Crippen molar-refractivity contribution in [3.05, 3.63) is 81.5 Å². The minimum Gasteiger partial charge on any atom is -0.489 e. The fourth-order valence-corrected chi connectivity index (χ4v) is 5.33. The van der Waals surface area contributed by atoms with E-state index >= 15 is 0 Å². The Bertz CT molecular complexity index is 1180. The molecular weight excluding hydrogens is 419 g/mol. The predicted octanol–water partition coefficient (Wildman–Crippen LogP) is 7.24. The van der Waals surface area contributed by atoms with Crippen LogP contribution in [0.2, 0.25) is 0 Å². The summed E-state index contributed by atoms with van der Waals surface area (Å²) >= 11 is 1.65. The van der Waals surface area contributed by atoms with Crippen molar-refractivity contribution in [2.24, 2.45) is 16.3 Å². The van der Waals surface area contributed by atoms with Gasteiger partial charge in [-0.25, -0.2) is 9.38 Å². The van der Waals surface area contributed by atoms with Gasteiger partial charge in [0.15, 0.2) is 0 Å². The monoisotopic (exact) mass is 446 g/mol. The van der Waals surface area contributed by atoms with Gasteiger partial charge in [-0.3, -0.25) is 0 Å². The number of halogens is 1. The summed E-state index contributed by atoms with van der Waals surface area (Å²) in [5.41, 5.74) is 3.57. The number of fused-ring (bicyclic) bond motifs is 1. The zero-order chi connectivity index (χ0) is 22.7. The van der Waals surface area contributed by atoms with Gasteiger partial charge in [0, 0.05) is 16.7 Å². The Kier molecular flexibility index (Phi) is 6.43. The summed E-state index contributed by atoms with van der Waals surface area (Å²) in [6.45, 7) is 7.05. The fourth-order valence-electron chi connectivity index (χ4n) is 4.11. The third kappa shape index (κ3) is 4.92. The second kappa shape index (κ2) is 9.26. The van der Waals surface area contributed by atoms with Crippen LogP contribution in [-0.2, 0) is 19.4 Å². The molecule has 164 valence electrons. The lowest BCUT2D eigenvalue weighted by molar-refractivity contribution is 0.218. The molecule has 0 bridgehead atoms. The minimum atomic E-state index is -0.274. The van der Waals surface area contributed by atoms with Crippen LogP contribution in [0.4, 0.5) is 9.39 Å². The van der Waals surface area contributed by atoms with E-state index in [1.165, 1.54) is 16.5 Å². The molecule has 0 unspecified atom stereocenters. The summed E-state index contributed by atoms with van der Waals surface area (Å²) in [4.78, 5) is 5.98. The molecule has 1 atom stereocenters. The van der Waals surface area contributed by atoms with Crippen molar-refractivity contribution in [2.75, 3.05) is 0 Å². The van der Waals surface area contributed by atoms with Gasteiger partial charge in [-0.2, -0.15) is 5.26 Å². The maximum absolute atomic E-state index is 13.8. The molecule has 1 aliphatic rings. The van der Waals surface area contributed by atoms with Gasteiger partial charge in [0.1, 0.15) is 29.2 Å². The molecule has 3 nitrogen and oxygen atoms in total. The number of thiophene rings is 1. The summed E-state index contributed by atoms with van der Waals surface area (Å²) in [6.07, 6.45) is 4.86. The molecule has 0 spiro atoms. The van der Waals surface area contributed by atoms with Crippen LogP contribution in [0.1, 0.15) is 54.3 Å². The third-order valence-corrected chi connectivity index (χ3v) is 7.29. The van der Waals surface area contributed by atoms with Gasteiger partial charge in [-0.15, -0.1) is 11.3 Å². The van der Waals surface area contributed by atoms with E-state index in [-0.39, 0.29) is 17.8 Å². The average Bonchev–Trinajstić information content (AvgIpc) is 3.13. The molecule has 32 heavy (non-hydrogen) atoms. The molecule has 0 fully saturated rings. The normalized spacial score (nSPS) is 16.0. The van der Waals surface area contributed by atoms with Crippen LogP contribution in [0.3, 0.4) is 0 Å². The SMILES string of the molecule is CC(C)(C)[C@H]1CCc2c(sc(N=Cc3cccc(OCc4ccccc4F)c3)c2C#N)C1. The molecule has 1 heterocycles. The van der Waals surface area contributed by atoms with Gasteiger partial charge >= 0.3 is 0 Å². The van der Waals surface area contributed by atoms with Crippen LogP contribution in [0.25, 0.3) is 0 Å². The zero-order valence-electron chi connectivity index (χ0n) is 18.7. The largest absolute Gasteiger partial charge is 0.489 e. The topological polar surface area (TPSA) is 45.4 Å². The van der Waals surface area contributed by atoms with E-state index < -0.39 is 0 Å². The fraction of sp³-hybridized carbons (Fsp3) is 0.333. The van der Waals surface area contributed by atoms with E-state index in [1.54, 1.807) is 35.8 Å². The zero-order valence-corrected chi connectivity index (χ0v) is 19.5. The van der Waals surface area contributed by atoms with Gasteiger partial charge in [0.25, 0.3) is 0 Å². The first kappa shape index (κ1) is 22.2. The lowest BCUT2D eigenvalue weighted by atomic mass is 9.72. The van der Waals surface area contributed by atoms with Crippen LogP contribution in [0, 0.1) is 28.5 Å². The van der Waals surface area contributed by atoms with E-state index in [4.69, 9.17) is 4.74 Å². The molecule has 1 aliphatic carbocycles. The van der Waals surface area contributed by atoms with Crippen molar-refractivity contribution >= 4 is 22.6 Å². The molecule has 0 N–H and O–H groups in total. The van der Waals surface area contributed by atoms with Crippen molar-refractivity contribution in [1.29, 1.82) is 5.26 Å². The van der Waals surface area contributed by atoms with E-state index in [0.717, 1.165) is 35.4 Å². The van der Waals surface area contributed by atoms with Crippen molar-refractivity contribution in [1.82, 2.24) is 0 Å². The summed E-state index contributed by atoms with van der Waals surface area (Å²) in [5.74, 6) is 1.00. The number of nitrogens with zero attached hydrogens (tertiary/aromatic N) is 2. The van der Waals surface area contributed by atoms with Gasteiger partial charge in [0.05, 0.1) is 5.56 Å². The van der Waals surface area contributed by atoms with Gasteiger partial charge in [0.2, 0.25) is 0 Å². The third-order valence-electron chi connectivity index (χ3n) is 6.12. The molecule has 2 aromatic carbocycles. The summed E-state index contributed by atoms with van der Waals surface area (Å²) in [5, 5.41) is 10.5. The smallest absolute Gasteiger partial charge is 0.134 e. The predicted molar refractivity (Wildman–Crippen MR) is 128 cm³/mol. The van der Waals surface area contributed by atoms with E-state index in [2.05, 4.69) is 31.8 Å². The molecule has 5 heteroatoms. The number of nitriles is 1. The Morgan fingerprint density at radius 3 is 2.78 bits per heavy atom. The van der Waals surface area contributed by atoms with Crippen LogP contribution in [0.5, 0.6) is 5.75 Å². The second-order valence-corrected chi connectivity index (χ2v) is 10.4. The van der Waals surface area contributed by atoms with Gasteiger partial charge in [-0.05, 0) is 59.9 Å². The number of hydrogen-bond donors (Lipinski definition) is 0. The quantitative estimate of drug-likeness (QED) is 0.388. The van der Waals surface area contributed by atoms with Crippen LogP contribution in [-0.4, -0.2) is 6.21 Å². The molecule has 0 aliphatic heterocycles. The highest BCUT2D eigenvalue weighted by Gasteiger charge is 2.32. The second-order valence-electron chi connectivity index (χ2n) is 9.31. The number of aliphatic imine (C=N–C) groups is 1. The molecule has 0 saturated carbocycles. The van der Waals surface area contributed by atoms with Crippen molar-refractivity contribution < 1.29 is 9.13 Å². The highest BCUT2D eigenvalue weighted by atomic mass is 32.1. The first-order valence-corrected chi connectivity index (χ1v) is 11.7. The Morgan fingerprint density at radius 2 is 2.03 bits per heavy atom. The Morgan fingerprint density at radius 1 is 1.22 bits per heavy atom. The summed E-state index contributed by atoms with van der Waals surface area (Å²) < 4.78 is 19.6. The van der Waals surface area contributed by atoms with Crippen LogP contribution in [0.15, 0.2) is 53.5 Å². The molecule has 0 amide bonds. The molecule has 0 saturated heterocycles. The number of rotatable bonds is 5. The lowest BCUT2D eigenvalue weighted by Crippen LogP contribution is -2.26. The van der Waals surface area contributed by atoms with Crippen molar-refractivity contribution in [3.63, 3.8) is 0 Å². The number of hydrogen-bond acceptors (Lipinski definition) is 4. The Labute approximate surface area is 193 Å². The average molecular weight is 447 g/mol. The van der Waals surface area contributed by atoms with Crippen LogP contribution >= 0.6 is 11.3 Å². The molecule has 3 aromatic rings. The van der Waals surface area contributed by atoms with Gasteiger partial charge in [-0.1, -0.05) is 51.1 Å². The standard InChI is InChI=1S/C27H27FN2OS/c1-27(2,3)20-11-12-22-23(15-29)26(32-25(22)14-20)30-16-18-7-6-9-21(13-18)31-17-19-8-4-5-10-24(19)28/h4-10,13,16,20H,11-12,14,17H2,1-3H3/t20-/m0/s1. The van der Waals surface area contributed by atoms with Gasteiger partial charge < -0.3 is 4.74 Å². The number of ether oxygens (including phenoxy) is 1. The lowest BCUT2D eigenvalue weighted by Gasteiger charge is -2.33. The highest BCUT2D eigenvalue weighted by Crippen LogP contribution is 2.44. The number of benzene rings is 2. The van der Waals surface area contributed by atoms with E-state index in [1.807, 2.05) is 24.3 Å². The minimum absolute atomic E-state index is 0.165. The maximum atomic E-state index is 13.8. The van der Waals surface area contributed by atoms with Crippen molar-refractivity contribution in [2.45, 2.75) is 46.6 Å². The van der Waals surface area contributed by atoms with Crippen molar-refractivity contribution in [3.8, 4) is 11.8 Å². The molecule has 1 aromatic heterocycles. The summed E-state index contributed by atoms with van der Waals surface area (Å²) in [6, 6.07) is 16.5. The van der Waals surface area contributed by atoms with E-state index in [9.17, 15) is 9.65 Å². The Hall–Kier alpha value is -2.97. The Balaban J connectivity index is 1.50. The molecule has 0 radical (unpaired) electrons. The summed E-state index contributed by atoms with van der Waals surface area (Å²) in [7, 11) is 0. The maximum Gasteiger partial charge on any atom is 0.134 e. The molecule has 4 rings (SSSR count).